The topological polar surface area (TPSA) is 82.5 Å². The third kappa shape index (κ3) is 4.33. The highest BCUT2D eigenvalue weighted by atomic mass is 32.2. The van der Waals surface area contributed by atoms with Gasteiger partial charge in [0.25, 0.3) is 0 Å². The van der Waals surface area contributed by atoms with Crippen molar-refractivity contribution >= 4 is 20.9 Å². The van der Waals surface area contributed by atoms with Gasteiger partial charge in [0.2, 0.25) is 10.0 Å². The summed E-state index contributed by atoms with van der Waals surface area (Å²) >= 11 is 0. The molecule has 0 spiro atoms. The van der Waals surface area contributed by atoms with Crippen LogP contribution in [0.3, 0.4) is 0 Å². The fraction of sp³-hybridized carbons (Fsp3) is 0.318. The number of likely N-dealkylation sites (tertiary alicyclic amines) is 1. The van der Waals surface area contributed by atoms with Crippen LogP contribution in [0.1, 0.15) is 23.1 Å². The molecular weight excluding hydrogens is 386 g/mol. The molecule has 2 N–H and O–H groups in total. The zero-order chi connectivity index (χ0) is 20.4. The number of rotatable bonds is 6. The molecule has 1 aromatic heterocycles. The van der Waals surface area contributed by atoms with Gasteiger partial charge in [-0.2, -0.15) is 0 Å². The minimum atomic E-state index is -3.71. The second kappa shape index (κ2) is 8.20. The highest BCUT2D eigenvalue weighted by molar-refractivity contribution is 7.89. The summed E-state index contributed by atoms with van der Waals surface area (Å²) in [4.78, 5) is 6.75. The van der Waals surface area contributed by atoms with Crippen molar-refractivity contribution in [3.63, 3.8) is 0 Å². The Kier molecular flexibility index (Phi) is 5.65. The highest BCUT2D eigenvalue weighted by Crippen LogP contribution is 2.25. The maximum atomic E-state index is 13.2. The Morgan fingerprint density at radius 1 is 1.14 bits per heavy atom. The fourth-order valence-corrected chi connectivity index (χ4v) is 5.36. The van der Waals surface area contributed by atoms with E-state index < -0.39 is 10.0 Å². The third-order valence-corrected chi connectivity index (χ3v) is 7.02. The van der Waals surface area contributed by atoms with Crippen LogP contribution in [0.2, 0.25) is 0 Å². The highest BCUT2D eigenvalue weighted by Gasteiger charge is 2.23. The number of hydrogen-bond donors (Lipinski definition) is 2. The van der Waals surface area contributed by atoms with Crippen molar-refractivity contribution in [3.05, 3.63) is 71.4 Å². The normalized spacial score (nSPS) is 17.8. The fourth-order valence-electron chi connectivity index (χ4n) is 3.92. The van der Waals surface area contributed by atoms with Crippen LogP contribution in [0.5, 0.6) is 0 Å². The van der Waals surface area contributed by atoms with E-state index in [0.717, 1.165) is 24.1 Å². The van der Waals surface area contributed by atoms with E-state index in [2.05, 4.69) is 14.6 Å². The summed E-state index contributed by atoms with van der Waals surface area (Å²) in [5.74, 6) is 0. The first kappa shape index (κ1) is 20.0. The Bertz CT molecular complexity index is 1130. The number of nitrogens with one attached hydrogen (secondary N) is 1. The summed E-state index contributed by atoms with van der Waals surface area (Å²) in [5.41, 5.74) is 3.36. The van der Waals surface area contributed by atoms with Gasteiger partial charge in [-0.3, -0.25) is 9.88 Å². The van der Waals surface area contributed by atoms with Gasteiger partial charge in [0.1, 0.15) is 0 Å². The van der Waals surface area contributed by atoms with Gasteiger partial charge in [-0.15, -0.1) is 0 Å². The van der Waals surface area contributed by atoms with Crippen molar-refractivity contribution in [1.82, 2.24) is 14.6 Å². The number of aliphatic hydroxyl groups excluding tert-OH is 1. The van der Waals surface area contributed by atoms with Crippen LogP contribution in [0.25, 0.3) is 10.9 Å². The van der Waals surface area contributed by atoms with Crippen molar-refractivity contribution in [2.45, 2.75) is 37.4 Å². The van der Waals surface area contributed by atoms with E-state index in [0.29, 0.717) is 29.6 Å². The van der Waals surface area contributed by atoms with E-state index in [1.54, 1.807) is 31.3 Å². The molecule has 0 bridgehead atoms. The molecule has 0 amide bonds. The Balaban J connectivity index is 1.58. The van der Waals surface area contributed by atoms with Gasteiger partial charge in [-0.1, -0.05) is 30.3 Å². The molecule has 6 nitrogen and oxygen atoms in total. The number of pyridine rings is 1. The largest absolute Gasteiger partial charge is 0.392 e. The lowest BCUT2D eigenvalue weighted by Crippen LogP contribution is -2.26. The van der Waals surface area contributed by atoms with Crippen molar-refractivity contribution in [3.8, 4) is 0 Å². The summed E-state index contributed by atoms with van der Waals surface area (Å²) in [6.07, 6.45) is 2.17. The number of aromatic nitrogens is 1. The number of benzene rings is 2. The van der Waals surface area contributed by atoms with E-state index in [9.17, 15) is 13.5 Å². The van der Waals surface area contributed by atoms with Crippen molar-refractivity contribution in [2.24, 2.45) is 0 Å². The van der Waals surface area contributed by atoms with E-state index in [4.69, 9.17) is 0 Å². The minimum Gasteiger partial charge on any atom is -0.392 e. The molecule has 1 saturated heterocycles. The maximum Gasteiger partial charge on any atom is 0.241 e. The number of hydrogen-bond acceptors (Lipinski definition) is 5. The number of aryl methyl sites for hydroxylation is 1. The molecule has 1 unspecified atom stereocenters. The quantitative estimate of drug-likeness (QED) is 0.652. The molecule has 1 atom stereocenters. The molecule has 0 aliphatic carbocycles. The second-order valence-corrected chi connectivity index (χ2v) is 9.26. The number of fused-ring (bicyclic) bond motifs is 1. The number of aliphatic hydroxyl groups is 1. The molecule has 1 aliphatic heterocycles. The summed E-state index contributed by atoms with van der Waals surface area (Å²) in [6, 6.07) is 15.0. The van der Waals surface area contributed by atoms with Gasteiger partial charge in [0.05, 0.1) is 16.5 Å². The summed E-state index contributed by atoms with van der Waals surface area (Å²) in [5, 5.41) is 10.4. The van der Waals surface area contributed by atoms with E-state index in [1.807, 2.05) is 30.3 Å². The lowest BCUT2D eigenvalue weighted by Gasteiger charge is -2.18. The molecule has 2 aromatic carbocycles. The number of nitrogens with zero attached hydrogens (tertiary/aromatic N) is 2. The lowest BCUT2D eigenvalue weighted by atomic mass is 10.1. The van der Waals surface area contributed by atoms with Gasteiger partial charge in [-0.25, -0.2) is 13.1 Å². The molecule has 2 heterocycles. The lowest BCUT2D eigenvalue weighted by molar-refractivity contribution is 0.174. The summed E-state index contributed by atoms with van der Waals surface area (Å²) in [6.45, 7) is 4.22. The molecule has 0 saturated carbocycles. The second-order valence-electron chi connectivity index (χ2n) is 7.55. The smallest absolute Gasteiger partial charge is 0.241 e. The van der Waals surface area contributed by atoms with Crippen LogP contribution < -0.4 is 4.72 Å². The molecule has 1 fully saturated rings. The Labute approximate surface area is 171 Å². The molecule has 3 aromatic rings. The molecule has 4 rings (SSSR count). The average molecular weight is 412 g/mol. The zero-order valence-electron chi connectivity index (χ0n) is 16.4. The van der Waals surface area contributed by atoms with Crippen LogP contribution in [0.15, 0.2) is 59.6 Å². The molecule has 7 heteroatoms. The Morgan fingerprint density at radius 3 is 2.69 bits per heavy atom. The number of β-amino-alcohol motifs (C(OH)–C–C–N with tert-alkyl or cyclic N) is 1. The Hall–Kier alpha value is -2.32. The van der Waals surface area contributed by atoms with Gasteiger partial charge < -0.3 is 5.11 Å². The summed E-state index contributed by atoms with van der Waals surface area (Å²) < 4.78 is 29.1. The predicted octanol–water partition coefficient (Wildman–Crippen LogP) is 2.59. The first-order valence-electron chi connectivity index (χ1n) is 9.75. The predicted molar refractivity (Wildman–Crippen MR) is 113 cm³/mol. The monoisotopic (exact) mass is 411 g/mol. The number of sulfonamides is 1. The van der Waals surface area contributed by atoms with Crippen LogP contribution in [0, 0.1) is 6.92 Å². The van der Waals surface area contributed by atoms with Crippen molar-refractivity contribution in [1.29, 1.82) is 0 Å². The van der Waals surface area contributed by atoms with Crippen LogP contribution in [-0.2, 0) is 23.1 Å². The molecule has 152 valence electrons. The Morgan fingerprint density at radius 2 is 1.93 bits per heavy atom. The molecular formula is C22H25N3O3S. The average Bonchev–Trinajstić information content (AvgIpc) is 3.11. The third-order valence-electron chi connectivity index (χ3n) is 5.41. The first-order valence-corrected chi connectivity index (χ1v) is 11.2. The van der Waals surface area contributed by atoms with Gasteiger partial charge >= 0.3 is 0 Å². The first-order chi connectivity index (χ1) is 13.9. The molecule has 1 aliphatic rings. The van der Waals surface area contributed by atoms with Gasteiger partial charge in [-0.05, 0) is 48.2 Å². The van der Waals surface area contributed by atoms with Crippen LogP contribution >= 0.6 is 0 Å². The van der Waals surface area contributed by atoms with E-state index in [-0.39, 0.29) is 17.5 Å². The standard InChI is InChI=1S/C22H25N3O3S/c1-16-8-9-21-20(7-4-11-23-21)22(16)29(27,28)24-13-17-5-2-3-6-18(17)14-25-12-10-19(26)15-25/h2-9,11,19,24,26H,10,12-15H2,1H3. The summed E-state index contributed by atoms with van der Waals surface area (Å²) in [7, 11) is -3.71. The van der Waals surface area contributed by atoms with Crippen LogP contribution in [-0.4, -0.2) is 42.6 Å². The minimum absolute atomic E-state index is 0.213. The van der Waals surface area contributed by atoms with Crippen molar-refractivity contribution < 1.29 is 13.5 Å². The van der Waals surface area contributed by atoms with E-state index >= 15 is 0 Å². The maximum absolute atomic E-state index is 13.2. The zero-order valence-corrected chi connectivity index (χ0v) is 17.2. The molecule has 0 radical (unpaired) electrons. The van der Waals surface area contributed by atoms with E-state index in [1.165, 1.54) is 0 Å². The van der Waals surface area contributed by atoms with Gasteiger partial charge in [0.15, 0.2) is 0 Å². The van der Waals surface area contributed by atoms with Gasteiger partial charge in [0, 0.05) is 37.8 Å². The van der Waals surface area contributed by atoms with Crippen LogP contribution in [0.4, 0.5) is 0 Å². The SMILES string of the molecule is Cc1ccc2ncccc2c1S(=O)(=O)NCc1ccccc1CN1CCC(O)C1. The van der Waals surface area contributed by atoms with Crippen molar-refractivity contribution in [2.75, 3.05) is 13.1 Å². The molecule has 29 heavy (non-hydrogen) atoms.